The second-order valence-corrected chi connectivity index (χ2v) is 7.64. The fourth-order valence-corrected chi connectivity index (χ4v) is 3.73. The van der Waals surface area contributed by atoms with E-state index in [9.17, 15) is 9.90 Å². The third-order valence-electron chi connectivity index (χ3n) is 5.58. The minimum Gasteiger partial charge on any atom is -0.539 e. The Morgan fingerprint density at radius 2 is 1.87 bits per heavy atom. The van der Waals surface area contributed by atoms with Crippen molar-refractivity contribution in [1.82, 2.24) is 10.2 Å². The highest BCUT2D eigenvalue weighted by atomic mass is 16.6. The number of hydrogen-bond donors (Lipinski definition) is 0. The molecule has 0 spiro atoms. The molecule has 7 nitrogen and oxygen atoms in total. The summed E-state index contributed by atoms with van der Waals surface area (Å²) < 4.78 is 11.6. The lowest BCUT2D eigenvalue weighted by Crippen LogP contribution is -2.42. The second kappa shape index (κ2) is 7.75. The number of benzene rings is 3. The summed E-state index contributed by atoms with van der Waals surface area (Å²) in [4.78, 5) is 15.1. The van der Waals surface area contributed by atoms with Crippen LogP contribution >= 0.6 is 0 Å². The van der Waals surface area contributed by atoms with E-state index in [1.165, 1.54) is 4.68 Å². The van der Waals surface area contributed by atoms with Gasteiger partial charge in [-0.2, -0.15) is 0 Å². The molecule has 0 saturated heterocycles. The van der Waals surface area contributed by atoms with Crippen LogP contribution in [0.2, 0.25) is 0 Å². The molecule has 31 heavy (non-hydrogen) atoms. The Labute approximate surface area is 179 Å². The van der Waals surface area contributed by atoms with Gasteiger partial charge in [-0.15, -0.1) is 0 Å². The average molecular weight is 415 g/mol. The van der Waals surface area contributed by atoms with Gasteiger partial charge in [0.2, 0.25) is 5.69 Å². The molecular weight excluding hydrogens is 394 g/mol. The van der Waals surface area contributed by atoms with E-state index >= 15 is 0 Å². The molecule has 7 heteroatoms. The first kappa shape index (κ1) is 19.1. The van der Waals surface area contributed by atoms with Crippen molar-refractivity contribution in [2.75, 3.05) is 7.11 Å². The Hall–Kier alpha value is -3.87. The van der Waals surface area contributed by atoms with Crippen LogP contribution in [-0.4, -0.2) is 29.2 Å². The van der Waals surface area contributed by atoms with Gasteiger partial charge in [-0.1, -0.05) is 30.3 Å². The van der Waals surface area contributed by atoms with E-state index in [1.807, 2.05) is 42.5 Å². The van der Waals surface area contributed by atoms with Gasteiger partial charge >= 0.3 is 0 Å². The summed E-state index contributed by atoms with van der Waals surface area (Å²) in [6.07, 6.45) is 1.84. The molecule has 1 aliphatic carbocycles. The summed E-state index contributed by atoms with van der Waals surface area (Å²) >= 11 is 0. The number of nitrogens with zero attached hydrogens (tertiary/aromatic N) is 3. The zero-order chi connectivity index (χ0) is 21.4. The normalized spacial score (nSPS) is 13.3. The van der Waals surface area contributed by atoms with Gasteiger partial charge in [-0.25, -0.2) is 0 Å². The Morgan fingerprint density at radius 1 is 1.13 bits per heavy atom. The summed E-state index contributed by atoms with van der Waals surface area (Å²) in [7, 11) is 1.59. The molecule has 5 rings (SSSR count). The first-order valence-electron chi connectivity index (χ1n) is 10.2. The highest BCUT2D eigenvalue weighted by molar-refractivity contribution is 5.98. The number of hydrogen-bond acceptors (Lipinski definition) is 5. The fourth-order valence-electron chi connectivity index (χ4n) is 3.73. The fraction of sp³-hybridized carbons (Fsp3) is 0.208. The molecule has 0 N–H and O–H groups in total. The SMILES string of the molecule is COc1ccc(-[n+]2noc([O-])c2CN(C(=O)c2ccc3ccccc3c2)C2CC2)cc1. The first-order valence-corrected chi connectivity index (χ1v) is 10.2. The molecule has 156 valence electrons. The quantitative estimate of drug-likeness (QED) is 0.452. The van der Waals surface area contributed by atoms with Crippen molar-refractivity contribution < 1.29 is 23.8 Å². The van der Waals surface area contributed by atoms with E-state index in [0.29, 0.717) is 22.7 Å². The van der Waals surface area contributed by atoms with Crippen LogP contribution in [0, 0.1) is 0 Å². The minimum absolute atomic E-state index is 0.102. The Morgan fingerprint density at radius 3 is 2.58 bits per heavy atom. The van der Waals surface area contributed by atoms with E-state index in [0.717, 1.165) is 23.6 Å². The summed E-state index contributed by atoms with van der Waals surface area (Å²) in [5, 5.41) is 18.4. The molecule has 1 amide bonds. The number of fused-ring (bicyclic) bond motifs is 1. The van der Waals surface area contributed by atoms with E-state index < -0.39 is 5.95 Å². The smallest absolute Gasteiger partial charge is 0.259 e. The Balaban J connectivity index is 1.47. The van der Waals surface area contributed by atoms with E-state index in [4.69, 9.17) is 9.26 Å². The monoisotopic (exact) mass is 415 g/mol. The molecule has 1 heterocycles. The molecule has 4 aromatic rings. The summed E-state index contributed by atoms with van der Waals surface area (Å²) in [6, 6.07) is 20.9. The molecule has 1 aromatic heterocycles. The van der Waals surface area contributed by atoms with E-state index in [2.05, 4.69) is 5.27 Å². The van der Waals surface area contributed by atoms with Crippen molar-refractivity contribution in [3.8, 4) is 17.4 Å². The maximum Gasteiger partial charge on any atom is 0.259 e. The highest BCUT2D eigenvalue weighted by Gasteiger charge is 2.36. The van der Waals surface area contributed by atoms with Gasteiger partial charge in [0.1, 0.15) is 12.3 Å². The van der Waals surface area contributed by atoms with Crippen molar-refractivity contribution in [3.63, 3.8) is 0 Å². The Bertz CT molecular complexity index is 1250. The predicted octanol–water partition coefficient (Wildman–Crippen LogP) is 2.99. The number of aromatic nitrogens is 2. The van der Waals surface area contributed by atoms with Crippen LogP contribution in [0.15, 0.2) is 71.3 Å². The number of carbonyl (C=O) groups is 1. The molecule has 0 aliphatic heterocycles. The zero-order valence-electron chi connectivity index (χ0n) is 17.0. The van der Waals surface area contributed by atoms with E-state index in [1.54, 1.807) is 36.3 Å². The van der Waals surface area contributed by atoms with Gasteiger partial charge in [0, 0.05) is 23.7 Å². The van der Waals surface area contributed by atoms with Crippen LogP contribution < -0.4 is 14.5 Å². The number of amides is 1. The number of carbonyl (C=O) groups excluding carboxylic acids is 1. The molecule has 1 saturated carbocycles. The maximum atomic E-state index is 13.4. The van der Waals surface area contributed by atoms with Crippen LogP contribution in [-0.2, 0) is 6.54 Å². The minimum atomic E-state index is -0.548. The first-order chi connectivity index (χ1) is 15.1. The van der Waals surface area contributed by atoms with Gasteiger partial charge in [-0.05, 0) is 52.6 Å². The summed E-state index contributed by atoms with van der Waals surface area (Å²) in [5.41, 5.74) is 1.58. The molecule has 0 unspecified atom stereocenters. The van der Waals surface area contributed by atoms with Crippen molar-refractivity contribution >= 4 is 16.7 Å². The third-order valence-corrected chi connectivity index (χ3v) is 5.58. The van der Waals surface area contributed by atoms with Crippen molar-refractivity contribution in [1.29, 1.82) is 0 Å². The van der Waals surface area contributed by atoms with Gasteiger partial charge in [-0.3, -0.25) is 4.79 Å². The lowest BCUT2D eigenvalue weighted by Gasteiger charge is -2.21. The third kappa shape index (κ3) is 3.70. The standard InChI is InChI=1S/C24H21N3O4/c1-30-21-12-10-20(11-13-21)27-22(24(29)31-25-27)15-26(19-8-9-19)23(28)18-7-6-16-4-2-3-5-17(16)14-18/h2-7,10-14,19H,8-9,15H2,1H3. The largest absolute Gasteiger partial charge is 0.539 e. The second-order valence-electron chi connectivity index (χ2n) is 7.64. The lowest BCUT2D eigenvalue weighted by atomic mass is 10.1. The molecule has 0 radical (unpaired) electrons. The zero-order valence-corrected chi connectivity index (χ0v) is 17.0. The summed E-state index contributed by atoms with van der Waals surface area (Å²) in [6.45, 7) is 0.130. The molecule has 3 aromatic carbocycles. The highest BCUT2D eigenvalue weighted by Crippen LogP contribution is 2.31. The topological polar surface area (TPSA) is 82.5 Å². The van der Waals surface area contributed by atoms with E-state index in [-0.39, 0.29) is 18.5 Å². The van der Waals surface area contributed by atoms with Gasteiger partial charge in [0.05, 0.1) is 12.4 Å². The predicted molar refractivity (Wildman–Crippen MR) is 111 cm³/mol. The van der Waals surface area contributed by atoms with Gasteiger partial charge in [0.15, 0.2) is 5.95 Å². The molecule has 0 bridgehead atoms. The molecule has 1 fully saturated rings. The molecular formula is C24H21N3O4. The average Bonchev–Trinajstić information content (AvgIpc) is 3.59. The number of ether oxygens (including phenoxy) is 1. The van der Waals surface area contributed by atoms with Crippen molar-refractivity contribution in [2.45, 2.75) is 25.4 Å². The molecule has 1 aliphatic rings. The Kier molecular flexibility index (Phi) is 4.78. The van der Waals surface area contributed by atoms with Crippen molar-refractivity contribution in [2.24, 2.45) is 0 Å². The lowest BCUT2D eigenvalue weighted by molar-refractivity contribution is -0.678. The summed E-state index contributed by atoms with van der Waals surface area (Å²) in [5.74, 6) is 0.0470. The van der Waals surface area contributed by atoms with Crippen LogP contribution in [0.4, 0.5) is 0 Å². The van der Waals surface area contributed by atoms with Crippen LogP contribution in [0.5, 0.6) is 11.7 Å². The van der Waals surface area contributed by atoms with Gasteiger partial charge < -0.3 is 19.3 Å². The number of methoxy groups -OCH3 is 1. The van der Waals surface area contributed by atoms with Gasteiger partial charge in [0.25, 0.3) is 11.6 Å². The van der Waals surface area contributed by atoms with Crippen LogP contribution in [0.25, 0.3) is 16.5 Å². The number of rotatable bonds is 6. The maximum absolute atomic E-state index is 13.4. The van der Waals surface area contributed by atoms with Crippen molar-refractivity contribution in [3.05, 3.63) is 78.0 Å². The molecule has 0 atom stereocenters. The van der Waals surface area contributed by atoms with Crippen LogP contribution in [0.1, 0.15) is 28.9 Å². The van der Waals surface area contributed by atoms with Crippen LogP contribution in [0.3, 0.4) is 0 Å².